The summed E-state index contributed by atoms with van der Waals surface area (Å²) in [6.45, 7) is 9.62. The molecule has 0 bridgehead atoms. The second-order valence-electron chi connectivity index (χ2n) is 7.03. The fourth-order valence-corrected chi connectivity index (χ4v) is 3.11. The number of nitrogens with two attached hydrogens (primary N) is 2. The minimum Gasteiger partial charge on any atom is -0.370 e. The standard InChI is InChI=1S/C12H12F3N3O.C11H8ClF3O/c1-3-7-4-6(2)8(10(19)18-11(16)17)5-9(7)12(13,14)15;1-3-7-4-6(2)8(10(12)16)5-9(7)11(13,14)15/h3-5H,1H2,2H3,(H4,16,17,18,19);3-5H,1H2,2H3. The van der Waals surface area contributed by atoms with Crippen molar-refractivity contribution in [2.75, 3.05) is 0 Å². The SMILES string of the molecule is C=Cc1cc(C)c(C(=O)Cl)cc1C(F)(F)F.C=Cc1cc(C)c(C(=O)N=C(N)N)cc1C(F)(F)F. The fraction of sp³-hybridized carbons (Fsp3) is 0.174. The Hall–Kier alpha value is -3.60. The van der Waals surface area contributed by atoms with Gasteiger partial charge in [0, 0.05) is 11.1 Å². The van der Waals surface area contributed by atoms with E-state index < -0.39 is 40.6 Å². The maximum absolute atomic E-state index is 12.8. The van der Waals surface area contributed by atoms with Gasteiger partial charge in [0.2, 0.25) is 0 Å². The number of hydrogen-bond donors (Lipinski definition) is 2. The van der Waals surface area contributed by atoms with Gasteiger partial charge in [0.1, 0.15) is 0 Å². The first-order chi connectivity index (χ1) is 15.9. The molecular formula is C23H20ClF6N3O2. The molecule has 0 unspecified atom stereocenters. The third kappa shape index (κ3) is 7.71. The molecule has 35 heavy (non-hydrogen) atoms. The molecular weight excluding hydrogens is 500 g/mol. The highest BCUT2D eigenvalue weighted by atomic mass is 35.5. The highest BCUT2D eigenvalue weighted by molar-refractivity contribution is 6.67. The van der Waals surface area contributed by atoms with Crippen molar-refractivity contribution < 1.29 is 35.9 Å². The Morgan fingerprint density at radius 3 is 1.51 bits per heavy atom. The maximum atomic E-state index is 12.8. The Morgan fingerprint density at radius 1 is 0.829 bits per heavy atom. The lowest BCUT2D eigenvalue weighted by atomic mass is 9.98. The number of benzene rings is 2. The molecule has 0 aliphatic heterocycles. The van der Waals surface area contributed by atoms with Crippen LogP contribution < -0.4 is 11.5 Å². The average molecular weight is 520 g/mol. The number of nitrogens with zero attached hydrogens (tertiary/aromatic N) is 1. The van der Waals surface area contributed by atoms with Crippen LogP contribution in [0, 0.1) is 13.8 Å². The predicted octanol–water partition coefficient (Wildman–Crippen LogP) is 6.11. The van der Waals surface area contributed by atoms with Crippen molar-refractivity contribution in [2.45, 2.75) is 26.2 Å². The molecule has 0 aliphatic rings. The summed E-state index contributed by atoms with van der Waals surface area (Å²) < 4.78 is 76.3. The zero-order valence-electron chi connectivity index (χ0n) is 18.4. The topological polar surface area (TPSA) is 98.5 Å². The van der Waals surface area contributed by atoms with Crippen molar-refractivity contribution in [3.63, 3.8) is 0 Å². The van der Waals surface area contributed by atoms with Crippen molar-refractivity contribution in [3.05, 3.63) is 81.9 Å². The number of alkyl halides is 6. The molecule has 188 valence electrons. The Kier molecular flexibility index (Phi) is 9.43. The largest absolute Gasteiger partial charge is 0.417 e. The van der Waals surface area contributed by atoms with Gasteiger partial charge in [0.25, 0.3) is 11.1 Å². The molecule has 0 radical (unpaired) electrons. The molecule has 0 fully saturated rings. The van der Waals surface area contributed by atoms with E-state index in [4.69, 9.17) is 23.1 Å². The molecule has 0 aromatic heterocycles. The van der Waals surface area contributed by atoms with Crippen LogP contribution in [-0.2, 0) is 12.4 Å². The summed E-state index contributed by atoms with van der Waals surface area (Å²) in [6, 6.07) is 3.93. The summed E-state index contributed by atoms with van der Waals surface area (Å²) in [7, 11) is 0. The molecule has 0 saturated carbocycles. The molecule has 5 nitrogen and oxygen atoms in total. The number of carbonyl (C=O) groups is 2. The second-order valence-corrected chi connectivity index (χ2v) is 7.37. The monoisotopic (exact) mass is 519 g/mol. The van der Waals surface area contributed by atoms with Crippen LogP contribution in [0.5, 0.6) is 0 Å². The van der Waals surface area contributed by atoms with Crippen LogP contribution in [0.3, 0.4) is 0 Å². The van der Waals surface area contributed by atoms with Crippen molar-refractivity contribution in [1.82, 2.24) is 0 Å². The van der Waals surface area contributed by atoms with Gasteiger partial charge in [-0.2, -0.15) is 31.3 Å². The molecule has 0 saturated heterocycles. The van der Waals surface area contributed by atoms with Gasteiger partial charge in [0.05, 0.1) is 11.1 Å². The molecule has 2 rings (SSSR count). The smallest absolute Gasteiger partial charge is 0.370 e. The van der Waals surface area contributed by atoms with Gasteiger partial charge in [-0.15, -0.1) is 0 Å². The van der Waals surface area contributed by atoms with Crippen LogP contribution in [0.4, 0.5) is 26.3 Å². The summed E-state index contributed by atoms with van der Waals surface area (Å²) in [4.78, 5) is 25.8. The fourth-order valence-electron chi connectivity index (χ4n) is 2.91. The minimum absolute atomic E-state index is 0.0633. The summed E-state index contributed by atoms with van der Waals surface area (Å²) in [6.07, 6.45) is -6.95. The maximum Gasteiger partial charge on any atom is 0.417 e. The average Bonchev–Trinajstić information content (AvgIpc) is 2.70. The van der Waals surface area contributed by atoms with E-state index in [-0.39, 0.29) is 22.3 Å². The number of amides is 1. The number of aliphatic imine (C=N–C) groups is 1. The van der Waals surface area contributed by atoms with E-state index in [1.807, 2.05) is 0 Å². The third-order valence-electron chi connectivity index (χ3n) is 4.52. The van der Waals surface area contributed by atoms with Crippen LogP contribution in [-0.4, -0.2) is 17.1 Å². The Morgan fingerprint density at radius 2 is 1.20 bits per heavy atom. The Bertz CT molecular complexity index is 1200. The quantitative estimate of drug-likeness (QED) is 0.220. The van der Waals surface area contributed by atoms with Crippen molar-refractivity contribution in [3.8, 4) is 0 Å². The molecule has 2 aromatic rings. The van der Waals surface area contributed by atoms with Crippen molar-refractivity contribution in [2.24, 2.45) is 16.5 Å². The first-order valence-corrected chi connectivity index (χ1v) is 9.84. The molecule has 2 aromatic carbocycles. The molecule has 0 atom stereocenters. The van der Waals surface area contributed by atoms with Gasteiger partial charge in [-0.05, 0) is 59.8 Å². The number of rotatable bonds is 4. The van der Waals surface area contributed by atoms with Crippen LogP contribution in [0.15, 0.2) is 42.4 Å². The van der Waals surface area contributed by atoms with Gasteiger partial charge in [0.15, 0.2) is 5.96 Å². The molecule has 0 aliphatic carbocycles. The van der Waals surface area contributed by atoms with Gasteiger partial charge in [-0.25, -0.2) is 0 Å². The minimum atomic E-state index is -4.59. The normalized spacial score (nSPS) is 11.1. The van der Waals surface area contributed by atoms with Crippen molar-refractivity contribution >= 4 is 40.9 Å². The zero-order chi connectivity index (χ0) is 27.3. The van der Waals surface area contributed by atoms with E-state index in [0.29, 0.717) is 11.1 Å². The van der Waals surface area contributed by atoms with Gasteiger partial charge < -0.3 is 11.5 Å². The number of aryl methyl sites for hydroxylation is 2. The Balaban J connectivity index is 0.000000355. The lowest BCUT2D eigenvalue weighted by Crippen LogP contribution is -2.24. The van der Waals surface area contributed by atoms with Crippen LogP contribution in [0.2, 0.25) is 0 Å². The van der Waals surface area contributed by atoms with Crippen molar-refractivity contribution in [1.29, 1.82) is 0 Å². The number of guanidine groups is 1. The van der Waals surface area contributed by atoms with Gasteiger partial charge in [-0.1, -0.05) is 37.4 Å². The summed E-state index contributed by atoms with van der Waals surface area (Å²) in [5.74, 6) is -1.43. The lowest BCUT2D eigenvalue weighted by Gasteiger charge is -2.13. The van der Waals surface area contributed by atoms with E-state index in [1.165, 1.54) is 26.0 Å². The van der Waals surface area contributed by atoms with E-state index >= 15 is 0 Å². The van der Waals surface area contributed by atoms with E-state index in [1.54, 1.807) is 0 Å². The van der Waals surface area contributed by atoms with Gasteiger partial charge in [-0.3, -0.25) is 9.59 Å². The number of carbonyl (C=O) groups excluding carboxylic acids is 2. The molecule has 1 amide bonds. The zero-order valence-corrected chi connectivity index (χ0v) is 19.2. The first kappa shape index (κ1) is 29.4. The first-order valence-electron chi connectivity index (χ1n) is 9.46. The molecule has 0 spiro atoms. The van der Waals surface area contributed by atoms with E-state index in [2.05, 4.69) is 18.2 Å². The van der Waals surface area contributed by atoms with Gasteiger partial charge >= 0.3 is 12.4 Å². The molecule has 0 heterocycles. The van der Waals surface area contributed by atoms with E-state index in [0.717, 1.165) is 24.3 Å². The van der Waals surface area contributed by atoms with Crippen LogP contribution in [0.1, 0.15) is 54.1 Å². The van der Waals surface area contributed by atoms with Crippen LogP contribution in [0.25, 0.3) is 12.2 Å². The summed E-state index contributed by atoms with van der Waals surface area (Å²) in [5.41, 5.74) is 8.41. The third-order valence-corrected chi connectivity index (χ3v) is 4.72. The number of halogens is 7. The highest BCUT2D eigenvalue weighted by Gasteiger charge is 2.35. The van der Waals surface area contributed by atoms with E-state index in [9.17, 15) is 35.9 Å². The second kappa shape index (κ2) is 11.2. The molecule has 4 N–H and O–H groups in total. The Labute approximate surface area is 201 Å². The number of hydrogen-bond acceptors (Lipinski definition) is 2. The molecule has 12 heteroatoms. The highest BCUT2D eigenvalue weighted by Crippen LogP contribution is 2.35. The van der Waals surface area contributed by atoms with Crippen LogP contribution >= 0.6 is 11.6 Å². The summed E-state index contributed by atoms with van der Waals surface area (Å²) >= 11 is 5.19. The predicted molar refractivity (Wildman–Crippen MR) is 123 cm³/mol. The summed E-state index contributed by atoms with van der Waals surface area (Å²) in [5, 5.41) is -0.904. The lowest BCUT2D eigenvalue weighted by molar-refractivity contribution is -0.138.